The van der Waals surface area contributed by atoms with Crippen LogP contribution in [0.3, 0.4) is 0 Å². The van der Waals surface area contributed by atoms with E-state index in [9.17, 15) is 26.0 Å². The maximum Gasteiger partial charge on any atom is 0.387 e. The molecule has 6 rings (SSSR count). The predicted octanol–water partition coefficient (Wildman–Crippen LogP) is 2.53. The fourth-order valence-corrected chi connectivity index (χ4v) is 6.66. The van der Waals surface area contributed by atoms with Gasteiger partial charge in [0.25, 0.3) is 0 Å². The Hall–Kier alpha value is -3.62. The molecule has 0 aliphatic rings. The average Bonchev–Trinajstić information content (AvgIpc) is 3.75. The number of H-pyrrole nitrogens is 2. The summed E-state index contributed by atoms with van der Waals surface area (Å²) in [5, 5.41) is 0.167. The normalized spacial score (nSPS) is 13.3. The van der Waals surface area contributed by atoms with Gasteiger partial charge in [0.2, 0.25) is 0 Å². The number of rotatable bonds is 14. The summed E-state index contributed by atoms with van der Waals surface area (Å²) in [5.74, 6) is -0.469. The Morgan fingerprint density at radius 1 is 0.649 bits per heavy atom. The van der Waals surface area contributed by atoms with E-state index >= 15 is 0 Å². The summed E-state index contributed by atoms with van der Waals surface area (Å²) < 4.78 is 147. The summed E-state index contributed by atoms with van der Waals surface area (Å²) in [7, 11) is -6.22. The van der Waals surface area contributed by atoms with E-state index in [1.54, 1.807) is 0 Å². The monoisotopic (exact) mass is 872 g/mol. The van der Waals surface area contributed by atoms with Crippen LogP contribution in [-0.2, 0) is 33.1 Å². The molecule has 0 aliphatic carbocycles. The van der Waals surface area contributed by atoms with Crippen molar-refractivity contribution < 1.29 is 79.1 Å². The second-order valence-electron chi connectivity index (χ2n) is 9.96. The van der Waals surface area contributed by atoms with Crippen molar-refractivity contribution in [1.29, 1.82) is 0 Å². The van der Waals surface area contributed by atoms with Gasteiger partial charge in [0.15, 0.2) is 33.3 Å². The predicted molar refractivity (Wildman–Crippen MR) is 203 cm³/mol. The van der Waals surface area contributed by atoms with Gasteiger partial charge in [-0.3, -0.25) is 18.4 Å². The van der Waals surface area contributed by atoms with Crippen LogP contribution in [0.1, 0.15) is 19.6 Å². The van der Waals surface area contributed by atoms with Crippen molar-refractivity contribution in [2.45, 2.75) is 35.0 Å². The summed E-state index contributed by atoms with van der Waals surface area (Å²) in [6.45, 7) is -5.93. The van der Waals surface area contributed by atoms with Crippen LogP contribution >= 0.6 is 0 Å². The van der Waals surface area contributed by atoms with E-state index in [2.05, 4.69) is 39.4 Å². The van der Waals surface area contributed by atoms with Gasteiger partial charge < -0.3 is 54.8 Å². The number of halogens is 4. The van der Waals surface area contributed by atoms with Crippen molar-refractivity contribution in [3.8, 4) is 34.5 Å². The van der Waals surface area contributed by atoms with E-state index < -0.39 is 48.9 Å². The molecule has 4 heterocycles. The van der Waals surface area contributed by atoms with Gasteiger partial charge in [-0.25, -0.2) is 9.97 Å². The first-order valence-electron chi connectivity index (χ1n) is 17.4. The molecule has 2 aromatic carbocycles. The van der Waals surface area contributed by atoms with Gasteiger partial charge in [0.1, 0.15) is 11.5 Å². The van der Waals surface area contributed by atoms with Crippen LogP contribution < -0.4 is 28.4 Å². The number of benzene rings is 2. The number of hydrogen-bond acceptors (Lipinski definition) is 12. The Kier molecular flexibility index (Phi) is 18.8. The third-order valence-corrected chi connectivity index (χ3v) is 9.11. The van der Waals surface area contributed by atoms with Gasteiger partial charge in [-0.2, -0.15) is 17.6 Å². The second-order valence-corrected chi connectivity index (χ2v) is 12.7. The van der Waals surface area contributed by atoms with Crippen LogP contribution in [0.5, 0.6) is 34.5 Å². The molecular weight excluding hydrogens is 830 g/mol. The minimum Gasteiger partial charge on any atom is -0.493 e. The van der Waals surface area contributed by atoms with E-state index in [0.29, 0.717) is 22.1 Å². The maximum atomic E-state index is 12.7. The average molecular weight is 873 g/mol. The van der Waals surface area contributed by atoms with Crippen molar-refractivity contribution in [2.24, 2.45) is 0 Å². The molecule has 2 atom stereocenters. The number of alkyl halides is 4. The first kappa shape index (κ1) is 43.0. The zero-order valence-electron chi connectivity index (χ0n) is 36.2. The number of fused-ring (bicyclic) bond motifs is 2. The molecule has 25 heteroatoms. The first-order valence-corrected chi connectivity index (χ1v) is 17.0. The molecule has 0 amide bonds. The smallest absolute Gasteiger partial charge is 0.387 e. The Morgan fingerprint density at radius 3 is 1.37 bits per heavy atom. The van der Waals surface area contributed by atoms with Crippen molar-refractivity contribution in [3.05, 3.63) is 72.3 Å². The van der Waals surface area contributed by atoms with Crippen molar-refractivity contribution in [2.75, 3.05) is 28.3 Å². The number of ether oxygens (including phenoxy) is 6. The number of nitrogens with one attached hydrogen (secondary N) is 2. The van der Waals surface area contributed by atoms with Crippen LogP contribution in [0.25, 0.3) is 22.1 Å². The van der Waals surface area contributed by atoms with E-state index in [0.717, 1.165) is 0 Å². The molecule has 302 valence electrons. The Balaban J connectivity index is 0.00000113. The molecule has 57 heavy (non-hydrogen) atoms. The van der Waals surface area contributed by atoms with Gasteiger partial charge in [0, 0.05) is 95.8 Å². The van der Waals surface area contributed by atoms with E-state index in [4.69, 9.17) is 27.2 Å². The number of imidazole rings is 2. The second kappa shape index (κ2) is 25.0. The Bertz CT molecular complexity index is 2280. The van der Waals surface area contributed by atoms with E-state index in [1.807, 2.05) is 0 Å². The van der Waals surface area contributed by atoms with E-state index in [1.165, 1.54) is 75.1 Å². The summed E-state index contributed by atoms with van der Waals surface area (Å²) in [6, 6.07) is 10.8. The van der Waals surface area contributed by atoms with Gasteiger partial charge in [0.05, 0.1) is 103 Å². The number of hydrogen-bond donors (Lipinski definition) is 2. The van der Waals surface area contributed by atoms with Crippen LogP contribution in [0.2, 0.25) is 0 Å². The minimum absolute atomic E-state index is 0. The molecule has 0 saturated heterocycles. The van der Waals surface area contributed by atoms with Gasteiger partial charge in [-0.15, -0.1) is 0 Å². The SMILES string of the molecule is O.O.O.[2H]C([2H])([2H])Oc1ccnc(CS(=O)c2nc3ccc(OC(F)F)cc3[nH]2)c1OC.[2H]C([2H])([2H])Oc1ccnc(CS(=O)c2nc3ccc(OC(F)F)cc3[nH]2)c1OC.[Na].[Na]. The van der Waals surface area contributed by atoms with E-state index in [-0.39, 0.29) is 143 Å². The Morgan fingerprint density at radius 2 is 1.04 bits per heavy atom. The number of aromatic amines is 2. The fraction of sp³-hybridized carbons (Fsp3) is 0.250. The maximum absolute atomic E-state index is 12.7. The molecule has 0 aliphatic heterocycles. The molecule has 17 nitrogen and oxygen atoms in total. The van der Waals surface area contributed by atoms with Crippen LogP contribution in [0.4, 0.5) is 17.6 Å². The molecule has 4 aromatic heterocycles. The molecule has 8 N–H and O–H groups in total. The fourth-order valence-electron chi connectivity index (χ4n) is 4.63. The van der Waals surface area contributed by atoms with Gasteiger partial charge in [-0.1, -0.05) is 0 Å². The van der Waals surface area contributed by atoms with Crippen LogP contribution in [0.15, 0.2) is 71.2 Å². The molecule has 2 unspecified atom stereocenters. The largest absolute Gasteiger partial charge is 0.493 e. The standard InChI is InChI=1S/2C16H15F2N3O4S.2Na.3H2O/c2*1-23-13-5-6-19-12(14(13)24-2)8-26(22)16-20-10-4-3-9(25-15(17)18)7-11(10)21-16;;;;;/h2*3-7,15H,8H2,1-2H3,(H,20,21);;;3*1H2/i2*1D3;;;;;. The molecule has 6 aromatic rings. The first-order chi connectivity index (χ1) is 27.3. The zero-order valence-corrected chi connectivity index (χ0v) is 35.9. The van der Waals surface area contributed by atoms with Crippen molar-refractivity contribution in [3.63, 3.8) is 0 Å². The van der Waals surface area contributed by atoms with Crippen LogP contribution in [0, 0.1) is 0 Å². The van der Waals surface area contributed by atoms with Crippen LogP contribution in [-0.4, -0.2) is 155 Å². The molecular formula is C32H36F4N6Na2O11S2. The molecule has 0 spiro atoms. The third kappa shape index (κ3) is 13.7. The number of pyridine rings is 2. The number of aromatic nitrogens is 6. The summed E-state index contributed by atoms with van der Waals surface area (Å²) in [5.41, 5.74) is 1.96. The minimum atomic E-state index is -2.97. The molecule has 0 fully saturated rings. The topological polar surface area (TPSA) is 267 Å². The zero-order chi connectivity index (χ0) is 42.4. The quantitative estimate of drug-likeness (QED) is 0.118. The molecule has 0 saturated carbocycles. The van der Waals surface area contributed by atoms with Gasteiger partial charge >= 0.3 is 13.2 Å². The Labute approximate surface area is 379 Å². The molecule has 0 bridgehead atoms. The number of methoxy groups -OCH3 is 4. The van der Waals surface area contributed by atoms with Crippen molar-refractivity contribution in [1.82, 2.24) is 29.9 Å². The number of nitrogens with zero attached hydrogens (tertiary/aromatic N) is 4. The molecule has 2 radical (unpaired) electrons. The summed E-state index contributed by atoms with van der Waals surface area (Å²) >= 11 is 0. The summed E-state index contributed by atoms with van der Waals surface area (Å²) in [6.07, 6.45) is 2.62. The van der Waals surface area contributed by atoms with Gasteiger partial charge in [-0.05, 0) is 24.3 Å². The third-order valence-electron chi connectivity index (χ3n) is 6.79. The van der Waals surface area contributed by atoms with Crippen molar-refractivity contribution >= 4 is 103 Å². The summed E-state index contributed by atoms with van der Waals surface area (Å²) in [4.78, 5) is 22.1.